The first kappa shape index (κ1) is 18.3. The molecule has 0 unspecified atom stereocenters. The van der Waals surface area contributed by atoms with Crippen molar-refractivity contribution in [2.24, 2.45) is 0 Å². The van der Waals surface area contributed by atoms with Crippen LogP contribution in [0.4, 0.5) is 13.2 Å². The Kier molecular flexibility index (Phi) is 4.08. The lowest BCUT2D eigenvalue weighted by Gasteiger charge is -2.07. The van der Waals surface area contributed by atoms with Gasteiger partial charge in [0.05, 0.1) is 5.39 Å². The Balaban J connectivity index is 1.48. The maximum absolute atomic E-state index is 12.8. The minimum absolute atomic E-state index is 0.00832. The molecular weight excluding hydrogens is 403 g/mol. The fourth-order valence-corrected chi connectivity index (χ4v) is 2.94. The van der Waals surface area contributed by atoms with Crippen LogP contribution in [0.15, 0.2) is 39.9 Å². The van der Waals surface area contributed by atoms with Gasteiger partial charge in [0.15, 0.2) is 5.82 Å². The van der Waals surface area contributed by atoms with Gasteiger partial charge in [0, 0.05) is 23.9 Å². The fraction of sp³-hybridized carbons (Fsp3) is 0.278. The van der Waals surface area contributed by atoms with E-state index >= 15 is 0 Å². The topological polar surface area (TPSA) is 112 Å². The van der Waals surface area contributed by atoms with Gasteiger partial charge in [-0.2, -0.15) is 18.2 Å². The molecule has 0 aliphatic heterocycles. The molecular formula is C18H12F3N7O2. The SMILES string of the molecule is O=c1c2cc(-c3cnc(C(F)(F)F)nc3)ccc2nnn1Cc1noc(C2CC2)n1. The van der Waals surface area contributed by atoms with Crippen molar-refractivity contribution >= 4 is 10.9 Å². The quantitative estimate of drug-likeness (QED) is 0.500. The summed E-state index contributed by atoms with van der Waals surface area (Å²) in [5.74, 6) is -0.0681. The van der Waals surface area contributed by atoms with E-state index in [2.05, 4.69) is 30.4 Å². The lowest BCUT2D eigenvalue weighted by Crippen LogP contribution is -2.25. The largest absolute Gasteiger partial charge is 0.451 e. The second kappa shape index (κ2) is 6.68. The summed E-state index contributed by atoms with van der Waals surface area (Å²) in [6, 6.07) is 4.68. The van der Waals surface area contributed by atoms with Crippen LogP contribution >= 0.6 is 0 Å². The first-order valence-electron chi connectivity index (χ1n) is 8.98. The van der Waals surface area contributed by atoms with E-state index in [1.807, 2.05) is 0 Å². The van der Waals surface area contributed by atoms with Crippen LogP contribution < -0.4 is 5.56 Å². The molecule has 0 radical (unpaired) electrons. The van der Waals surface area contributed by atoms with Crippen molar-refractivity contribution in [3.8, 4) is 11.1 Å². The lowest BCUT2D eigenvalue weighted by atomic mass is 10.1. The molecule has 1 aliphatic carbocycles. The molecule has 0 spiro atoms. The van der Waals surface area contributed by atoms with Gasteiger partial charge in [-0.1, -0.05) is 16.4 Å². The highest BCUT2D eigenvalue weighted by Gasteiger charge is 2.34. The smallest absolute Gasteiger partial charge is 0.339 e. The van der Waals surface area contributed by atoms with Crippen molar-refractivity contribution in [2.75, 3.05) is 0 Å². The number of fused-ring (bicyclic) bond motifs is 1. The molecule has 4 aromatic rings. The average molecular weight is 415 g/mol. The first-order valence-corrected chi connectivity index (χ1v) is 8.98. The second-order valence-corrected chi connectivity index (χ2v) is 6.90. The maximum atomic E-state index is 12.8. The number of hydrogen-bond donors (Lipinski definition) is 0. The van der Waals surface area contributed by atoms with Crippen LogP contribution in [0.3, 0.4) is 0 Å². The van der Waals surface area contributed by atoms with Gasteiger partial charge in [-0.25, -0.2) is 14.6 Å². The minimum atomic E-state index is -4.63. The zero-order valence-corrected chi connectivity index (χ0v) is 15.2. The number of hydrogen-bond acceptors (Lipinski definition) is 8. The van der Waals surface area contributed by atoms with Crippen molar-refractivity contribution in [1.82, 2.24) is 35.1 Å². The first-order chi connectivity index (χ1) is 14.4. The van der Waals surface area contributed by atoms with E-state index in [1.165, 1.54) is 6.07 Å². The van der Waals surface area contributed by atoms with E-state index in [4.69, 9.17) is 4.52 Å². The Hall–Kier alpha value is -3.70. The van der Waals surface area contributed by atoms with Gasteiger partial charge in [0.25, 0.3) is 5.56 Å². The van der Waals surface area contributed by atoms with E-state index in [0.29, 0.717) is 34.3 Å². The van der Waals surface area contributed by atoms with Crippen LogP contribution in [0.25, 0.3) is 22.0 Å². The molecule has 5 rings (SSSR count). The molecule has 1 aliphatic rings. The highest BCUT2D eigenvalue weighted by Crippen LogP contribution is 2.38. The normalized spacial score (nSPS) is 14.4. The molecule has 1 aromatic carbocycles. The summed E-state index contributed by atoms with van der Waals surface area (Å²) >= 11 is 0. The molecule has 1 saturated carbocycles. The van der Waals surface area contributed by atoms with Gasteiger partial charge in [-0.05, 0) is 30.5 Å². The van der Waals surface area contributed by atoms with Gasteiger partial charge < -0.3 is 4.52 Å². The van der Waals surface area contributed by atoms with Gasteiger partial charge in [0.1, 0.15) is 12.1 Å². The van der Waals surface area contributed by atoms with Crippen LogP contribution in [0, 0.1) is 0 Å². The highest BCUT2D eigenvalue weighted by molar-refractivity contribution is 5.83. The van der Waals surface area contributed by atoms with E-state index in [-0.39, 0.29) is 11.9 Å². The Bertz CT molecular complexity index is 1290. The van der Waals surface area contributed by atoms with Gasteiger partial charge >= 0.3 is 6.18 Å². The monoisotopic (exact) mass is 415 g/mol. The molecule has 1 fully saturated rings. The summed E-state index contributed by atoms with van der Waals surface area (Å²) in [5, 5.41) is 12.0. The highest BCUT2D eigenvalue weighted by atomic mass is 19.4. The van der Waals surface area contributed by atoms with Crippen molar-refractivity contribution in [3.63, 3.8) is 0 Å². The number of alkyl halides is 3. The third-order valence-electron chi connectivity index (χ3n) is 4.66. The van der Waals surface area contributed by atoms with Crippen LogP contribution in [0.5, 0.6) is 0 Å². The average Bonchev–Trinajstić information content (AvgIpc) is 3.48. The van der Waals surface area contributed by atoms with Gasteiger partial charge in [-0.3, -0.25) is 4.79 Å². The number of halogens is 3. The van der Waals surface area contributed by atoms with Gasteiger partial charge in [-0.15, -0.1) is 5.10 Å². The van der Waals surface area contributed by atoms with E-state index < -0.39 is 17.6 Å². The third kappa shape index (κ3) is 3.40. The number of aromatic nitrogens is 7. The molecule has 3 aromatic heterocycles. The van der Waals surface area contributed by atoms with Crippen molar-refractivity contribution in [2.45, 2.75) is 31.5 Å². The summed E-state index contributed by atoms with van der Waals surface area (Å²) in [6.07, 6.45) is -0.493. The lowest BCUT2D eigenvalue weighted by molar-refractivity contribution is -0.144. The number of nitrogens with zero attached hydrogens (tertiary/aromatic N) is 7. The molecule has 0 bridgehead atoms. The van der Waals surface area contributed by atoms with Crippen LogP contribution in [0.1, 0.15) is 36.3 Å². The Morgan fingerprint density at radius 1 is 1.13 bits per heavy atom. The van der Waals surface area contributed by atoms with Gasteiger partial charge in [0.2, 0.25) is 11.7 Å². The van der Waals surface area contributed by atoms with E-state index in [9.17, 15) is 18.0 Å². The number of rotatable bonds is 4. The predicted octanol–water partition coefficient (Wildman–Crippen LogP) is 2.58. The Labute approximate surface area is 165 Å². The summed E-state index contributed by atoms with van der Waals surface area (Å²) in [6.45, 7) is -0.00832. The maximum Gasteiger partial charge on any atom is 0.451 e. The molecule has 0 N–H and O–H groups in total. The second-order valence-electron chi connectivity index (χ2n) is 6.90. The molecule has 12 heteroatoms. The van der Waals surface area contributed by atoms with Crippen LogP contribution in [0.2, 0.25) is 0 Å². The minimum Gasteiger partial charge on any atom is -0.339 e. The fourth-order valence-electron chi connectivity index (χ4n) is 2.94. The summed E-state index contributed by atoms with van der Waals surface area (Å²) in [5.41, 5.74) is 0.718. The third-order valence-corrected chi connectivity index (χ3v) is 4.66. The van der Waals surface area contributed by atoms with Crippen molar-refractivity contribution in [3.05, 3.63) is 58.5 Å². The molecule has 152 valence electrons. The summed E-state index contributed by atoms with van der Waals surface area (Å²) in [7, 11) is 0. The van der Waals surface area contributed by atoms with Crippen molar-refractivity contribution in [1.29, 1.82) is 0 Å². The summed E-state index contributed by atoms with van der Waals surface area (Å²) < 4.78 is 44.3. The molecule has 0 atom stereocenters. The molecule has 0 amide bonds. The number of benzene rings is 1. The molecule has 0 saturated heterocycles. The van der Waals surface area contributed by atoms with E-state index in [0.717, 1.165) is 29.9 Å². The molecule has 30 heavy (non-hydrogen) atoms. The predicted molar refractivity (Wildman–Crippen MR) is 95.2 cm³/mol. The summed E-state index contributed by atoms with van der Waals surface area (Å²) in [4.78, 5) is 23.8. The van der Waals surface area contributed by atoms with E-state index in [1.54, 1.807) is 12.1 Å². The van der Waals surface area contributed by atoms with Crippen molar-refractivity contribution < 1.29 is 17.7 Å². The zero-order chi connectivity index (χ0) is 20.9. The zero-order valence-electron chi connectivity index (χ0n) is 15.2. The van der Waals surface area contributed by atoms with Crippen LogP contribution in [-0.4, -0.2) is 35.1 Å². The Morgan fingerprint density at radius 2 is 1.90 bits per heavy atom. The standard InChI is InChI=1S/C18H12F3N7O2/c19-18(20,21)17-22-6-11(7-23-17)10-3-4-13-12(5-10)16(29)28(27-25-13)8-14-24-15(30-26-14)9-1-2-9/h3-7,9H,1-2,8H2. The molecule has 9 nitrogen and oxygen atoms in total. The molecule has 3 heterocycles. The Morgan fingerprint density at radius 3 is 2.60 bits per heavy atom. The van der Waals surface area contributed by atoms with Crippen LogP contribution in [-0.2, 0) is 12.7 Å².